The van der Waals surface area contributed by atoms with Gasteiger partial charge in [-0.05, 0) is 12.1 Å². The Bertz CT molecular complexity index is 597. The van der Waals surface area contributed by atoms with Gasteiger partial charge >= 0.3 is 0 Å². The molecule has 3 rings (SSSR count). The van der Waals surface area contributed by atoms with Gasteiger partial charge in [0.1, 0.15) is 19.5 Å². The van der Waals surface area contributed by atoms with Crippen molar-refractivity contribution in [3.8, 4) is 23.0 Å². The Morgan fingerprint density at radius 2 is 2.19 bits per heavy atom. The maximum atomic E-state index is 5.67. The van der Waals surface area contributed by atoms with Gasteiger partial charge in [-0.25, -0.2) is 4.98 Å². The smallest absolute Gasteiger partial charge is 0.230 e. The normalized spacial score (nSPS) is 13.4. The lowest BCUT2D eigenvalue weighted by atomic mass is 10.1. The maximum Gasteiger partial charge on any atom is 0.230 e. The average Bonchev–Trinajstić information content (AvgIpc) is 3.00. The molecule has 0 saturated carbocycles. The lowest BCUT2D eigenvalue weighted by Gasteiger charge is -2.19. The highest BCUT2D eigenvalue weighted by atomic mass is 16.6. The number of fused-ring (bicyclic) bond motifs is 1. The van der Waals surface area contributed by atoms with E-state index in [1.165, 1.54) is 0 Å². The van der Waals surface area contributed by atoms with Gasteiger partial charge in [0.2, 0.25) is 5.89 Å². The van der Waals surface area contributed by atoms with Gasteiger partial charge in [-0.3, -0.25) is 0 Å². The molecule has 0 radical (unpaired) electrons. The van der Waals surface area contributed by atoms with Gasteiger partial charge in [-0.15, -0.1) is 0 Å². The van der Waals surface area contributed by atoms with Gasteiger partial charge in [-0.2, -0.15) is 0 Å². The fraction of sp³-hybridized carbons (Fsp3) is 0.400. The maximum absolute atomic E-state index is 5.67. The molecule has 21 heavy (non-hydrogen) atoms. The van der Waals surface area contributed by atoms with E-state index in [0.29, 0.717) is 38.0 Å². The Labute approximate surface area is 123 Å². The number of aromatic nitrogens is 1. The zero-order chi connectivity index (χ0) is 14.5. The Morgan fingerprint density at radius 3 is 3.10 bits per heavy atom. The zero-order valence-electron chi connectivity index (χ0n) is 11.9. The van der Waals surface area contributed by atoms with Crippen molar-refractivity contribution in [3.63, 3.8) is 0 Å². The largest absolute Gasteiger partial charge is 0.486 e. The number of ether oxygens (including phenoxy) is 3. The van der Waals surface area contributed by atoms with Gasteiger partial charge in [0.05, 0.1) is 17.9 Å². The van der Waals surface area contributed by atoms with Crippen LogP contribution in [0.3, 0.4) is 0 Å². The van der Waals surface area contributed by atoms with Crippen LogP contribution in [-0.2, 0) is 11.3 Å². The number of nitrogens with zero attached hydrogens (tertiary/aromatic N) is 1. The molecule has 1 aromatic carbocycles. The van der Waals surface area contributed by atoms with E-state index in [0.717, 1.165) is 23.6 Å². The molecular formula is C15H18N2O4. The van der Waals surface area contributed by atoms with Crippen LogP contribution in [0.5, 0.6) is 11.5 Å². The SMILES string of the molecule is COCCNCc1coc(-c2cccc3c2OCCO3)n1. The molecule has 0 aliphatic carbocycles. The summed E-state index contributed by atoms with van der Waals surface area (Å²) in [5.41, 5.74) is 1.66. The number of para-hydroxylation sites is 1. The van der Waals surface area contributed by atoms with Crippen molar-refractivity contribution in [2.45, 2.75) is 6.54 Å². The fourth-order valence-corrected chi connectivity index (χ4v) is 2.14. The second kappa shape index (κ2) is 6.60. The molecule has 0 amide bonds. The average molecular weight is 290 g/mol. The first-order valence-electron chi connectivity index (χ1n) is 6.91. The van der Waals surface area contributed by atoms with Crippen LogP contribution < -0.4 is 14.8 Å². The van der Waals surface area contributed by atoms with E-state index in [-0.39, 0.29) is 0 Å². The van der Waals surface area contributed by atoms with Crippen molar-refractivity contribution in [1.29, 1.82) is 0 Å². The van der Waals surface area contributed by atoms with Crippen molar-refractivity contribution < 1.29 is 18.6 Å². The van der Waals surface area contributed by atoms with Crippen molar-refractivity contribution >= 4 is 0 Å². The van der Waals surface area contributed by atoms with Crippen molar-refractivity contribution in [3.05, 3.63) is 30.2 Å². The summed E-state index contributed by atoms with van der Waals surface area (Å²) in [6.45, 7) is 3.19. The van der Waals surface area contributed by atoms with E-state index in [1.807, 2.05) is 18.2 Å². The first-order valence-corrected chi connectivity index (χ1v) is 6.91. The highest BCUT2D eigenvalue weighted by Crippen LogP contribution is 2.39. The van der Waals surface area contributed by atoms with E-state index in [4.69, 9.17) is 18.6 Å². The highest BCUT2D eigenvalue weighted by molar-refractivity contribution is 5.68. The van der Waals surface area contributed by atoms with Gasteiger partial charge in [0.25, 0.3) is 0 Å². The van der Waals surface area contributed by atoms with Crippen LogP contribution in [-0.4, -0.2) is 38.5 Å². The minimum Gasteiger partial charge on any atom is -0.486 e. The van der Waals surface area contributed by atoms with Crippen LogP contribution in [0, 0.1) is 0 Å². The molecule has 0 fully saturated rings. The third-order valence-corrected chi connectivity index (χ3v) is 3.14. The summed E-state index contributed by atoms with van der Waals surface area (Å²) in [7, 11) is 1.68. The van der Waals surface area contributed by atoms with Gasteiger partial charge < -0.3 is 23.9 Å². The number of hydrogen-bond donors (Lipinski definition) is 1. The van der Waals surface area contributed by atoms with Gasteiger partial charge in [-0.1, -0.05) is 6.07 Å². The number of oxazole rings is 1. The second-order valence-corrected chi connectivity index (χ2v) is 4.64. The minimum atomic E-state index is 0.538. The lowest BCUT2D eigenvalue weighted by molar-refractivity contribution is 0.172. The molecule has 6 nitrogen and oxygen atoms in total. The third-order valence-electron chi connectivity index (χ3n) is 3.14. The summed E-state index contributed by atoms with van der Waals surface area (Å²) in [6, 6.07) is 5.71. The molecule has 2 aromatic rings. The number of benzene rings is 1. The molecule has 1 N–H and O–H groups in total. The Morgan fingerprint density at radius 1 is 1.29 bits per heavy atom. The summed E-state index contributed by atoms with van der Waals surface area (Å²) < 4.78 is 21.8. The predicted octanol–water partition coefficient (Wildman–Crippen LogP) is 1.85. The summed E-state index contributed by atoms with van der Waals surface area (Å²) in [5, 5.41) is 3.23. The molecule has 1 aliphatic heterocycles. The highest BCUT2D eigenvalue weighted by Gasteiger charge is 2.19. The Hall–Kier alpha value is -2.05. The summed E-state index contributed by atoms with van der Waals surface area (Å²) in [6.07, 6.45) is 1.65. The van der Waals surface area contributed by atoms with E-state index in [2.05, 4.69) is 10.3 Å². The standard InChI is InChI=1S/C15H18N2O4/c1-18-6-5-16-9-11-10-21-15(17-11)12-3-2-4-13-14(12)20-8-7-19-13/h2-4,10,16H,5-9H2,1H3. The van der Waals surface area contributed by atoms with E-state index >= 15 is 0 Å². The topological polar surface area (TPSA) is 65.8 Å². The minimum absolute atomic E-state index is 0.538. The third kappa shape index (κ3) is 3.17. The monoisotopic (exact) mass is 290 g/mol. The van der Waals surface area contributed by atoms with Crippen LogP contribution in [0.25, 0.3) is 11.5 Å². The summed E-state index contributed by atoms with van der Waals surface area (Å²) in [5.74, 6) is 1.97. The molecule has 0 bridgehead atoms. The molecule has 0 saturated heterocycles. The van der Waals surface area contributed by atoms with E-state index in [1.54, 1.807) is 13.4 Å². The van der Waals surface area contributed by atoms with Crippen LogP contribution >= 0.6 is 0 Å². The van der Waals surface area contributed by atoms with Crippen molar-refractivity contribution in [2.75, 3.05) is 33.5 Å². The summed E-state index contributed by atoms with van der Waals surface area (Å²) >= 11 is 0. The Balaban J connectivity index is 1.74. The molecule has 112 valence electrons. The van der Waals surface area contributed by atoms with E-state index in [9.17, 15) is 0 Å². The lowest BCUT2D eigenvalue weighted by Crippen LogP contribution is -2.18. The molecule has 0 atom stereocenters. The van der Waals surface area contributed by atoms with Crippen LogP contribution in [0.4, 0.5) is 0 Å². The molecule has 1 aromatic heterocycles. The molecule has 0 unspecified atom stereocenters. The van der Waals surface area contributed by atoms with Crippen LogP contribution in [0.2, 0.25) is 0 Å². The molecule has 1 aliphatic rings. The number of rotatable bonds is 6. The molecule has 6 heteroatoms. The Kier molecular flexibility index (Phi) is 4.37. The zero-order valence-corrected chi connectivity index (χ0v) is 11.9. The molecule has 2 heterocycles. The number of nitrogens with one attached hydrogen (secondary N) is 1. The fourth-order valence-electron chi connectivity index (χ4n) is 2.14. The molecule has 0 spiro atoms. The summed E-state index contributed by atoms with van der Waals surface area (Å²) in [4.78, 5) is 4.48. The van der Waals surface area contributed by atoms with Crippen LogP contribution in [0.1, 0.15) is 5.69 Å². The van der Waals surface area contributed by atoms with E-state index < -0.39 is 0 Å². The number of hydrogen-bond acceptors (Lipinski definition) is 6. The van der Waals surface area contributed by atoms with Crippen molar-refractivity contribution in [2.24, 2.45) is 0 Å². The van der Waals surface area contributed by atoms with Crippen molar-refractivity contribution in [1.82, 2.24) is 10.3 Å². The molecular weight excluding hydrogens is 272 g/mol. The second-order valence-electron chi connectivity index (χ2n) is 4.64. The van der Waals surface area contributed by atoms with Gasteiger partial charge in [0.15, 0.2) is 11.5 Å². The predicted molar refractivity (Wildman–Crippen MR) is 76.5 cm³/mol. The first kappa shape index (κ1) is 13.9. The first-order chi connectivity index (χ1) is 10.4. The van der Waals surface area contributed by atoms with Gasteiger partial charge in [0, 0.05) is 20.2 Å². The van der Waals surface area contributed by atoms with Crippen LogP contribution in [0.15, 0.2) is 28.9 Å². The quantitative estimate of drug-likeness (QED) is 0.819. The number of methoxy groups -OCH3 is 1.